The average molecular weight is 390 g/mol. The van der Waals surface area contributed by atoms with Crippen molar-refractivity contribution in [2.75, 3.05) is 18.6 Å². The SMILES string of the molecule is COc1ccc(N2C[C@H](C(=O)Oc3ccc(Br)cc3)CC2=O)cc1. The zero-order valence-electron chi connectivity index (χ0n) is 13.1. The Morgan fingerprint density at radius 1 is 1.08 bits per heavy atom. The van der Waals surface area contributed by atoms with E-state index >= 15 is 0 Å². The maximum absolute atomic E-state index is 12.3. The predicted octanol–water partition coefficient (Wildman–Crippen LogP) is 3.42. The highest BCUT2D eigenvalue weighted by molar-refractivity contribution is 9.10. The molecule has 5 nitrogen and oxygen atoms in total. The molecular formula is C18H16BrNO4. The van der Waals surface area contributed by atoms with Crippen LogP contribution in [0.25, 0.3) is 0 Å². The lowest BCUT2D eigenvalue weighted by Crippen LogP contribution is -2.27. The first-order valence-corrected chi connectivity index (χ1v) is 8.28. The van der Waals surface area contributed by atoms with Crippen LogP contribution in [0.15, 0.2) is 53.0 Å². The van der Waals surface area contributed by atoms with Crippen LogP contribution >= 0.6 is 15.9 Å². The number of carbonyl (C=O) groups excluding carboxylic acids is 2. The second-order valence-electron chi connectivity index (χ2n) is 5.48. The molecule has 0 bridgehead atoms. The van der Waals surface area contributed by atoms with Gasteiger partial charge in [0.1, 0.15) is 11.5 Å². The number of nitrogens with zero attached hydrogens (tertiary/aromatic N) is 1. The van der Waals surface area contributed by atoms with Crippen LogP contribution in [0.3, 0.4) is 0 Å². The highest BCUT2D eigenvalue weighted by Crippen LogP contribution is 2.28. The third kappa shape index (κ3) is 3.59. The minimum absolute atomic E-state index is 0.0853. The molecule has 0 aliphatic carbocycles. The minimum atomic E-state index is -0.469. The number of rotatable bonds is 4. The lowest BCUT2D eigenvalue weighted by molar-refractivity contribution is -0.139. The van der Waals surface area contributed by atoms with Crippen LogP contribution in [0.4, 0.5) is 5.69 Å². The van der Waals surface area contributed by atoms with Crippen LogP contribution in [0.1, 0.15) is 6.42 Å². The molecule has 3 rings (SSSR count). The van der Waals surface area contributed by atoms with Crippen LogP contribution < -0.4 is 14.4 Å². The fourth-order valence-electron chi connectivity index (χ4n) is 2.58. The molecule has 1 aliphatic rings. The number of amides is 1. The van der Waals surface area contributed by atoms with Gasteiger partial charge in [-0.25, -0.2) is 0 Å². The summed E-state index contributed by atoms with van der Waals surface area (Å²) in [5.74, 6) is 0.248. The third-order valence-corrected chi connectivity index (χ3v) is 4.40. The topological polar surface area (TPSA) is 55.8 Å². The van der Waals surface area contributed by atoms with Gasteiger partial charge in [0.25, 0.3) is 0 Å². The van der Waals surface area contributed by atoms with E-state index in [0.29, 0.717) is 12.3 Å². The van der Waals surface area contributed by atoms with E-state index in [1.807, 2.05) is 0 Å². The summed E-state index contributed by atoms with van der Waals surface area (Å²) in [6.45, 7) is 0.320. The molecule has 0 radical (unpaired) electrons. The van der Waals surface area contributed by atoms with Gasteiger partial charge < -0.3 is 14.4 Å². The van der Waals surface area contributed by atoms with Crippen LogP contribution in [0.2, 0.25) is 0 Å². The van der Waals surface area contributed by atoms with Crippen LogP contribution in [0.5, 0.6) is 11.5 Å². The Balaban J connectivity index is 1.67. The summed E-state index contributed by atoms with van der Waals surface area (Å²) < 4.78 is 11.4. The highest BCUT2D eigenvalue weighted by atomic mass is 79.9. The average Bonchev–Trinajstić information content (AvgIpc) is 2.99. The summed E-state index contributed by atoms with van der Waals surface area (Å²) in [6, 6.07) is 14.2. The Kier molecular flexibility index (Phi) is 4.85. The fraction of sp³-hybridized carbons (Fsp3) is 0.222. The van der Waals surface area contributed by atoms with Crippen molar-refractivity contribution in [3.63, 3.8) is 0 Å². The first-order chi connectivity index (χ1) is 11.6. The summed E-state index contributed by atoms with van der Waals surface area (Å²) in [6.07, 6.45) is 0.154. The Bertz CT molecular complexity index is 743. The summed E-state index contributed by atoms with van der Waals surface area (Å²) in [7, 11) is 1.59. The molecule has 1 aliphatic heterocycles. The Labute approximate surface area is 148 Å². The molecule has 0 unspecified atom stereocenters. The molecule has 0 N–H and O–H groups in total. The lowest BCUT2D eigenvalue weighted by Gasteiger charge is -2.16. The molecule has 2 aromatic rings. The van der Waals surface area contributed by atoms with Gasteiger partial charge in [-0.3, -0.25) is 9.59 Å². The van der Waals surface area contributed by atoms with Crippen LogP contribution in [0, 0.1) is 5.92 Å². The van der Waals surface area contributed by atoms with E-state index in [1.165, 1.54) is 0 Å². The standard InChI is InChI=1S/C18H16BrNO4/c1-23-15-8-4-14(5-9-15)20-11-12(10-17(20)21)18(22)24-16-6-2-13(19)3-7-16/h2-9,12H,10-11H2,1H3/t12-/m1/s1. The van der Waals surface area contributed by atoms with E-state index in [0.717, 1.165) is 15.9 Å². The van der Waals surface area contributed by atoms with E-state index in [-0.39, 0.29) is 18.3 Å². The van der Waals surface area contributed by atoms with Crippen molar-refractivity contribution >= 4 is 33.5 Å². The van der Waals surface area contributed by atoms with E-state index in [2.05, 4.69) is 15.9 Å². The Hall–Kier alpha value is -2.34. The smallest absolute Gasteiger partial charge is 0.316 e. The second kappa shape index (κ2) is 7.05. The van der Waals surface area contributed by atoms with Crippen molar-refractivity contribution in [1.82, 2.24) is 0 Å². The third-order valence-electron chi connectivity index (χ3n) is 3.87. The van der Waals surface area contributed by atoms with Crippen molar-refractivity contribution in [1.29, 1.82) is 0 Å². The first kappa shape index (κ1) is 16.5. The van der Waals surface area contributed by atoms with Crippen molar-refractivity contribution in [3.05, 3.63) is 53.0 Å². The van der Waals surface area contributed by atoms with Gasteiger partial charge in [-0.1, -0.05) is 15.9 Å². The number of hydrogen-bond donors (Lipinski definition) is 0. The van der Waals surface area contributed by atoms with Gasteiger partial charge in [0.2, 0.25) is 5.91 Å². The predicted molar refractivity (Wildman–Crippen MR) is 93.2 cm³/mol. The number of hydrogen-bond acceptors (Lipinski definition) is 4. The van der Waals surface area contributed by atoms with E-state index in [4.69, 9.17) is 9.47 Å². The number of ether oxygens (including phenoxy) is 2. The van der Waals surface area contributed by atoms with Gasteiger partial charge in [0, 0.05) is 23.1 Å². The zero-order chi connectivity index (χ0) is 17.1. The largest absolute Gasteiger partial charge is 0.497 e. The number of carbonyl (C=O) groups is 2. The molecule has 124 valence electrons. The van der Waals surface area contributed by atoms with Gasteiger partial charge in [0.05, 0.1) is 13.0 Å². The van der Waals surface area contributed by atoms with E-state index in [9.17, 15) is 9.59 Å². The summed E-state index contributed by atoms with van der Waals surface area (Å²) in [5.41, 5.74) is 0.750. The summed E-state index contributed by atoms with van der Waals surface area (Å²) >= 11 is 3.33. The number of benzene rings is 2. The number of esters is 1. The Morgan fingerprint density at radius 3 is 2.33 bits per heavy atom. The van der Waals surface area contributed by atoms with Gasteiger partial charge in [0.15, 0.2) is 0 Å². The number of halogens is 1. The van der Waals surface area contributed by atoms with E-state index < -0.39 is 5.92 Å². The quantitative estimate of drug-likeness (QED) is 0.593. The Morgan fingerprint density at radius 2 is 1.71 bits per heavy atom. The molecule has 6 heteroatoms. The summed E-state index contributed by atoms with van der Waals surface area (Å²) in [4.78, 5) is 26.1. The molecule has 1 fully saturated rings. The molecule has 1 amide bonds. The maximum atomic E-state index is 12.3. The van der Waals surface area contributed by atoms with Gasteiger partial charge in [-0.2, -0.15) is 0 Å². The van der Waals surface area contributed by atoms with Gasteiger partial charge in [-0.15, -0.1) is 0 Å². The van der Waals surface area contributed by atoms with Crippen molar-refractivity contribution < 1.29 is 19.1 Å². The van der Waals surface area contributed by atoms with Crippen LogP contribution in [-0.2, 0) is 9.59 Å². The molecule has 0 spiro atoms. The number of methoxy groups -OCH3 is 1. The molecule has 2 aromatic carbocycles. The van der Waals surface area contributed by atoms with Gasteiger partial charge in [-0.05, 0) is 48.5 Å². The molecule has 1 atom stereocenters. The fourth-order valence-corrected chi connectivity index (χ4v) is 2.84. The van der Waals surface area contributed by atoms with E-state index in [1.54, 1.807) is 60.5 Å². The molecule has 0 saturated carbocycles. The van der Waals surface area contributed by atoms with Gasteiger partial charge >= 0.3 is 5.97 Å². The zero-order valence-corrected chi connectivity index (χ0v) is 14.7. The molecule has 1 heterocycles. The number of anilines is 1. The first-order valence-electron chi connectivity index (χ1n) is 7.48. The lowest BCUT2D eigenvalue weighted by atomic mass is 10.1. The van der Waals surface area contributed by atoms with Crippen LogP contribution in [-0.4, -0.2) is 25.5 Å². The molecule has 1 saturated heterocycles. The maximum Gasteiger partial charge on any atom is 0.316 e. The van der Waals surface area contributed by atoms with Crippen molar-refractivity contribution in [2.45, 2.75) is 6.42 Å². The highest BCUT2D eigenvalue weighted by Gasteiger charge is 2.36. The molecule has 0 aromatic heterocycles. The molecular weight excluding hydrogens is 374 g/mol. The summed E-state index contributed by atoms with van der Waals surface area (Å²) in [5, 5.41) is 0. The monoisotopic (exact) mass is 389 g/mol. The molecule has 24 heavy (non-hydrogen) atoms. The van der Waals surface area contributed by atoms with Crippen molar-refractivity contribution in [2.24, 2.45) is 5.92 Å². The minimum Gasteiger partial charge on any atom is -0.497 e. The van der Waals surface area contributed by atoms with Crippen molar-refractivity contribution in [3.8, 4) is 11.5 Å². The second-order valence-corrected chi connectivity index (χ2v) is 6.39. The normalized spacial score (nSPS) is 17.0.